The van der Waals surface area contributed by atoms with Gasteiger partial charge in [-0.2, -0.15) is 0 Å². The van der Waals surface area contributed by atoms with Crippen LogP contribution in [0.2, 0.25) is 0 Å². The third-order valence-electron chi connectivity index (χ3n) is 10.4. The van der Waals surface area contributed by atoms with Crippen LogP contribution in [0.5, 0.6) is 0 Å². The molecule has 0 rings (SSSR count). The largest absolute Gasteiger partial charge is 0.462 e. The fraction of sp³-hybridized carbons (Fsp3) is 0.583. The first-order valence-electron chi connectivity index (χ1n) is 26.2. The van der Waals surface area contributed by atoms with Crippen LogP contribution in [0.15, 0.2) is 134 Å². The lowest BCUT2D eigenvalue weighted by molar-refractivity contribution is -0.166. The van der Waals surface area contributed by atoms with Gasteiger partial charge < -0.3 is 14.2 Å². The van der Waals surface area contributed by atoms with Crippen molar-refractivity contribution in [3.05, 3.63) is 134 Å². The van der Waals surface area contributed by atoms with Gasteiger partial charge in [0.15, 0.2) is 6.10 Å². The summed E-state index contributed by atoms with van der Waals surface area (Å²) in [5, 5.41) is 0. The molecule has 0 aliphatic rings. The highest BCUT2D eigenvalue weighted by Gasteiger charge is 2.19. The Balaban J connectivity index is 4.59. The summed E-state index contributed by atoms with van der Waals surface area (Å²) in [7, 11) is 0. The highest BCUT2D eigenvalue weighted by Crippen LogP contribution is 2.12. The summed E-state index contributed by atoms with van der Waals surface area (Å²) in [5.41, 5.74) is 0. The molecule has 6 nitrogen and oxygen atoms in total. The van der Waals surface area contributed by atoms with E-state index in [4.69, 9.17) is 14.2 Å². The Hall–Kier alpha value is -4.45. The molecule has 0 saturated carbocycles. The van der Waals surface area contributed by atoms with Crippen LogP contribution in [-0.4, -0.2) is 37.2 Å². The van der Waals surface area contributed by atoms with Crippen LogP contribution in [-0.2, 0) is 28.6 Å². The highest BCUT2D eigenvalue weighted by atomic mass is 16.6. The van der Waals surface area contributed by atoms with Crippen LogP contribution in [0, 0.1) is 0 Å². The third-order valence-corrected chi connectivity index (χ3v) is 10.4. The Kier molecular flexibility index (Phi) is 49.6. The van der Waals surface area contributed by atoms with E-state index in [-0.39, 0.29) is 44.0 Å². The Morgan fingerprint density at radius 2 is 0.621 bits per heavy atom. The fourth-order valence-corrected chi connectivity index (χ4v) is 6.51. The van der Waals surface area contributed by atoms with Crippen LogP contribution in [0.3, 0.4) is 0 Å². The maximum Gasteiger partial charge on any atom is 0.306 e. The van der Waals surface area contributed by atoms with Crippen molar-refractivity contribution < 1.29 is 28.6 Å². The van der Waals surface area contributed by atoms with Gasteiger partial charge in [-0.05, 0) is 122 Å². The molecule has 0 N–H and O–H groups in total. The molecule has 0 aromatic heterocycles. The molecular formula is C60H94O6. The Bertz CT molecular complexity index is 1460. The molecule has 0 aliphatic heterocycles. The zero-order valence-electron chi connectivity index (χ0n) is 42.1. The molecule has 0 aliphatic carbocycles. The second kappa shape index (κ2) is 53.2. The van der Waals surface area contributed by atoms with E-state index in [0.717, 1.165) is 128 Å². The van der Waals surface area contributed by atoms with E-state index in [1.165, 1.54) is 32.1 Å². The van der Waals surface area contributed by atoms with Gasteiger partial charge in [0.2, 0.25) is 0 Å². The Morgan fingerprint density at radius 1 is 0.318 bits per heavy atom. The first-order valence-corrected chi connectivity index (χ1v) is 26.2. The van der Waals surface area contributed by atoms with Crippen LogP contribution in [0.4, 0.5) is 0 Å². The molecule has 0 amide bonds. The molecule has 370 valence electrons. The number of unbranched alkanes of at least 4 members (excludes halogenated alkanes) is 12. The van der Waals surface area contributed by atoms with Crippen LogP contribution >= 0.6 is 0 Å². The topological polar surface area (TPSA) is 78.9 Å². The predicted molar refractivity (Wildman–Crippen MR) is 283 cm³/mol. The minimum atomic E-state index is -0.833. The molecule has 0 fully saturated rings. The van der Waals surface area contributed by atoms with E-state index >= 15 is 0 Å². The van der Waals surface area contributed by atoms with Gasteiger partial charge in [-0.1, -0.05) is 199 Å². The average molecular weight is 911 g/mol. The SMILES string of the molecule is CC/C=C\C/C=C\C/C=C\C/C=C\C/C=C\C/C=C\CCC(=O)OCC(COC(=O)CCCCC/C=C\C/C=C\C/C=C\CC)OC(=O)CCCCCCC/C=C\C/C=C\CCCCCC. The highest BCUT2D eigenvalue weighted by molar-refractivity contribution is 5.71. The molecule has 1 unspecified atom stereocenters. The molecule has 0 aromatic carbocycles. The number of carbonyl (C=O) groups excluding carboxylic acids is 3. The molecule has 0 spiro atoms. The van der Waals surface area contributed by atoms with E-state index in [0.29, 0.717) is 12.8 Å². The van der Waals surface area contributed by atoms with E-state index in [2.05, 4.69) is 142 Å². The molecule has 0 radical (unpaired) electrons. The second-order valence-electron chi connectivity index (χ2n) is 16.7. The zero-order chi connectivity index (χ0) is 47.9. The van der Waals surface area contributed by atoms with Gasteiger partial charge in [0.05, 0.1) is 0 Å². The van der Waals surface area contributed by atoms with Crippen molar-refractivity contribution in [1.82, 2.24) is 0 Å². The number of carbonyl (C=O) groups is 3. The van der Waals surface area contributed by atoms with Crippen LogP contribution in [0.1, 0.15) is 207 Å². The summed E-state index contributed by atoms with van der Waals surface area (Å²) >= 11 is 0. The number of esters is 3. The molecule has 0 aromatic rings. The number of hydrogen-bond acceptors (Lipinski definition) is 6. The molecule has 6 heteroatoms. The van der Waals surface area contributed by atoms with Gasteiger partial charge in [-0.3, -0.25) is 14.4 Å². The van der Waals surface area contributed by atoms with E-state index in [9.17, 15) is 14.4 Å². The molecule has 1 atom stereocenters. The second-order valence-corrected chi connectivity index (χ2v) is 16.7. The monoisotopic (exact) mass is 911 g/mol. The number of allylic oxidation sites excluding steroid dienone is 22. The van der Waals surface area contributed by atoms with Crippen molar-refractivity contribution in [2.45, 2.75) is 213 Å². The first kappa shape index (κ1) is 61.5. The summed E-state index contributed by atoms with van der Waals surface area (Å²) in [6, 6.07) is 0. The summed E-state index contributed by atoms with van der Waals surface area (Å²) in [5.74, 6) is -1.06. The van der Waals surface area contributed by atoms with Gasteiger partial charge in [-0.15, -0.1) is 0 Å². The third kappa shape index (κ3) is 50.5. The van der Waals surface area contributed by atoms with E-state index < -0.39 is 6.10 Å². The van der Waals surface area contributed by atoms with Gasteiger partial charge in [0.25, 0.3) is 0 Å². The van der Waals surface area contributed by atoms with E-state index in [1.807, 2.05) is 12.2 Å². The van der Waals surface area contributed by atoms with Crippen LogP contribution in [0.25, 0.3) is 0 Å². The fourth-order valence-electron chi connectivity index (χ4n) is 6.51. The van der Waals surface area contributed by atoms with Crippen molar-refractivity contribution >= 4 is 17.9 Å². The van der Waals surface area contributed by atoms with Gasteiger partial charge in [0, 0.05) is 19.3 Å². The van der Waals surface area contributed by atoms with Gasteiger partial charge in [0.1, 0.15) is 13.2 Å². The summed E-state index contributed by atoms with van der Waals surface area (Å²) in [6.07, 6.45) is 74.5. The maximum absolute atomic E-state index is 12.8. The lowest BCUT2D eigenvalue weighted by atomic mass is 10.1. The first-order chi connectivity index (χ1) is 32.5. The summed E-state index contributed by atoms with van der Waals surface area (Å²) in [6.45, 7) is 6.27. The zero-order valence-corrected chi connectivity index (χ0v) is 42.1. The Morgan fingerprint density at radius 3 is 1.03 bits per heavy atom. The average Bonchev–Trinajstić information content (AvgIpc) is 3.31. The lowest BCUT2D eigenvalue weighted by Gasteiger charge is -2.18. The van der Waals surface area contributed by atoms with Crippen molar-refractivity contribution in [1.29, 1.82) is 0 Å². The smallest absolute Gasteiger partial charge is 0.306 e. The number of ether oxygens (including phenoxy) is 3. The molecule has 66 heavy (non-hydrogen) atoms. The van der Waals surface area contributed by atoms with Crippen molar-refractivity contribution in [3.63, 3.8) is 0 Å². The van der Waals surface area contributed by atoms with Crippen molar-refractivity contribution in [3.8, 4) is 0 Å². The predicted octanol–water partition coefficient (Wildman–Crippen LogP) is 17.5. The quantitative estimate of drug-likeness (QED) is 0.0262. The van der Waals surface area contributed by atoms with Gasteiger partial charge in [-0.25, -0.2) is 0 Å². The minimum Gasteiger partial charge on any atom is -0.462 e. The van der Waals surface area contributed by atoms with Crippen molar-refractivity contribution in [2.24, 2.45) is 0 Å². The van der Waals surface area contributed by atoms with Gasteiger partial charge >= 0.3 is 17.9 Å². The van der Waals surface area contributed by atoms with E-state index in [1.54, 1.807) is 0 Å². The minimum absolute atomic E-state index is 0.127. The molecule has 0 heterocycles. The number of rotatable bonds is 45. The molecule has 0 saturated heterocycles. The molecular weight excluding hydrogens is 817 g/mol. The standard InChI is InChI=1S/C60H94O6/c1-4-7-10-13-16-19-22-25-27-29-30-31-33-35-38-41-44-47-50-53-59(62)65-56-57(55-64-58(61)52-49-46-43-40-37-34-24-21-18-15-12-9-6-3)66-60(63)54-51-48-45-42-39-36-32-28-26-23-20-17-14-11-8-5-2/h7,9-10,12,16,18-21,23,25,27-28,30-32,34-35,37-38,44,47,57H,4-6,8,11,13-15,17,22,24,26,29,33,36,39-43,45-46,48-56H2,1-3H3/b10-7-,12-9-,19-16-,21-18-,23-20-,27-25-,31-30-,32-28-,37-34-,38-35-,47-44-. The molecule has 0 bridgehead atoms. The number of hydrogen-bond donors (Lipinski definition) is 0. The normalized spacial score (nSPS) is 13.2. The maximum atomic E-state index is 12.8. The van der Waals surface area contributed by atoms with Crippen molar-refractivity contribution in [2.75, 3.05) is 13.2 Å². The van der Waals surface area contributed by atoms with Crippen LogP contribution < -0.4 is 0 Å². The summed E-state index contributed by atoms with van der Waals surface area (Å²) < 4.78 is 16.7. The Labute approximate surface area is 405 Å². The lowest BCUT2D eigenvalue weighted by Crippen LogP contribution is -2.30. The summed E-state index contributed by atoms with van der Waals surface area (Å²) in [4.78, 5) is 38.0.